The molecule has 1 amide bonds. The van der Waals surface area contributed by atoms with Crippen molar-refractivity contribution in [1.82, 2.24) is 5.32 Å². The predicted octanol–water partition coefficient (Wildman–Crippen LogP) is -0.900. The number of likely N-dealkylation sites (N-methyl/N-ethyl adjacent to an activating group) is 1. The summed E-state index contributed by atoms with van der Waals surface area (Å²) in [4.78, 5) is 28.7. The zero-order chi connectivity index (χ0) is 16.9. The fraction of sp³-hybridized carbons (Fsp3) is 0.333. The second-order valence-corrected chi connectivity index (χ2v) is 7.18. The number of amides is 1. The molecular weight excluding hydrogens is 322 g/mol. The van der Waals surface area contributed by atoms with Crippen molar-refractivity contribution >= 4 is 23.0 Å². The minimum absolute atomic E-state index is 0.0185. The molecule has 1 aromatic carbocycles. The van der Waals surface area contributed by atoms with Crippen LogP contribution in [0.2, 0.25) is 0 Å². The van der Waals surface area contributed by atoms with Crippen molar-refractivity contribution in [2.75, 3.05) is 33.2 Å². The van der Waals surface area contributed by atoms with E-state index < -0.39 is 6.17 Å². The van der Waals surface area contributed by atoms with Crippen molar-refractivity contribution in [2.45, 2.75) is 6.17 Å². The average Bonchev–Trinajstić information content (AvgIpc) is 3.15. The van der Waals surface area contributed by atoms with E-state index in [4.69, 9.17) is 0 Å². The van der Waals surface area contributed by atoms with E-state index in [2.05, 4.69) is 12.4 Å². The highest BCUT2D eigenvalue weighted by atomic mass is 32.1. The molecule has 6 heteroatoms. The molecule has 2 aromatic rings. The van der Waals surface area contributed by atoms with E-state index in [9.17, 15) is 9.59 Å². The van der Waals surface area contributed by atoms with Gasteiger partial charge in [0.15, 0.2) is 0 Å². The maximum absolute atomic E-state index is 13.0. The second kappa shape index (κ2) is 7.70. The van der Waals surface area contributed by atoms with Crippen LogP contribution in [0.5, 0.6) is 0 Å². The van der Waals surface area contributed by atoms with Gasteiger partial charge in [0.1, 0.15) is 26.2 Å². The highest BCUT2D eigenvalue weighted by Crippen LogP contribution is 2.08. The summed E-state index contributed by atoms with van der Waals surface area (Å²) in [7, 11) is 2.16. The van der Waals surface area contributed by atoms with Crippen molar-refractivity contribution < 1.29 is 19.4 Å². The van der Waals surface area contributed by atoms with Crippen LogP contribution in [0.1, 0.15) is 20.0 Å². The van der Waals surface area contributed by atoms with E-state index in [1.54, 1.807) is 6.07 Å². The van der Waals surface area contributed by atoms with E-state index in [0.29, 0.717) is 10.4 Å². The summed E-state index contributed by atoms with van der Waals surface area (Å²) in [6.07, 6.45) is -0.532. The van der Waals surface area contributed by atoms with E-state index >= 15 is 0 Å². The standard InChI is InChI=1S/C18H21N3O2S/c1-20-9-11-21(12-10-20)17(16(22)14-6-3-2-4-7-14)19-18(23)15-8-5-13-24-15/h2-8,13,17H,9-12H2,1H3,(H,19,23)/p+2/t17-/m1/s1. The number of piperazine rings is 1. The molecule has 1 aliphatic heterocycles. The van der Waals surface area contributed by atoms with Crippen LogP contribution >= 0.6 is 11.3 Å². The average molecular weight is 345 g/mol. The first-order valence-electron chi connectivity index (χ1n) is 8.24. The van der Waals surface area contributed by atoms with Gasteiger partial charge in [-0.3, -0.25) is 19.8 Å². The molecule has 0 radical (unpaired) electrons. The van der Waals surface area contributed by atoms with Gasteiger partial charge in [0.05, 0.1) is 11.9 Å². The summed E-state index contributed by atoms with van der Waals surface area (Å²) in [6.45, 7) is 3.76. The van der Waals surface area contributed by atoms with E-state index in [1.807, 2.05) is 41.8 Å². The Kier molecular flexibility index (Phi) is 5.40. The van der Waals surface area contributed by atoms with E-state index in [0.717, 1.165) is 31.1 Å². The van der Waals surface area contributed by atoms with Crippen molar-refractivity contribution in [3.63, 3.8) is 0 Å². The maximum Gasteiger partial charge on any atom is 0.266 e. The SMILES string of the molecule is C[NH+]1CC[NH+]([C@@H](NC(=O)c2cccs2)C(=O)c2ccccc2)CC1. The third-order valence-electron chi connectivity index (χ3n) is 4.49. The normalized spacial score (nSPS) is 21.9. The maximum atomic E-state index is 13.0. The lowest BCUT2D eigenvalue weighted by molar-refractivity contribution is -1.01. The summed E-state index contributed by atoms with van der Waals surface area (Å²) in [5.74, 6) is -0.187. The number of thiophene rings is 1. The zero-order valence-corrected chi connectivity index (χ0v) is 14.6. The molecule has 1 aromatic heterocycles. The number of nitrogens with one attached hydrogen (secondary N) is 3. The van der Waals surface area contributed by atoms with Gasteiger partial charge in [-0.15, -0.1) is 11.3 Å². The Balaban J connectivity index is 1.80. The predicted molar refractivity (Wildman–Crippen MR) is 93.7 cm³/mol. The molecule has 126 valence electrons. The lowest BCUT2D eigenvalue weighted by Crippen LogP contribution is -3.30. The lowest BCUT2D eigenvalue weighted by Gasteiger charge is -2.32. The van der Waals surface area contributed by atoms with Crippen LogP contribution in [0, 0.1) is 0 Å². The van der Waals surface area contributed by atoms with Gasteiger partial charge in [0.2, 0.25) is 11.9 Å². The minimum Gasteiger partial charge on any atom is -0.328 e. The van der Waals surface area contributed by atoms with Gasteiger partial charge < -0.3 is 4.90 Å². The number of Topliss-reactive ketones (excluding diaryl/α,β-unsaturated/α-hetero) is 1. The van der Waals surface area contributed by atoms with Crippen LogP contribution in [-0.2, 0) is 0 Å². The van der Waals surface area contributed by atoms with Gasteiger partial charge in [-0.25, -0.2) is 0 Å². The van der Waals surface area contributed by atoms with Gasteiger partial charge >= 0.3 is 0 Å². The summed E-state index contributed by atoms with van der Waals surface area (Å²) in [6, 6.07) is 12.9. The fourth-order valence-electron chi connectivity index (χ4n) is 3.02. The molecule has 0 bridgehead atoms. The molecule has 1 fully saturated rings. The second-order valence-electron chi connectivity index (χ2n) is 6.23. The molecular formula is C18H23N3O2S+2. The number of hydrogen-bond donors (Lipinski definition) is 3. The van der Waals surface area contributed by atoms with Gasteiger partial charge in [-0.1, -0.05) is 36.4 Å². The summed E-state index contributed by atoms with van der Waals surface area (Å²) in [5, 5.41) is 4.85. The number of benzene rings is 1. The van der Waals surface area contributed by atoms with Gasteiger partial charge in [0.25, 0.3) is 5.91 Å². The zero-order valence-electron chi connectivity index (χ0n) is 13.7. The number of ketones is 1. The third-order valence-corrected chi connectivity index (χ3v) is 5.36. The Hall–Kier alpha value is -2.02. The Morgan fingerprint density at radius 1 is 1.04 bits per heavy atom. The fourth-order valence-corrected chi connectivity index (χ4v) is 3.65. The summed E-state index contributed by atoms with van der Waals surface area (Å²) >= 11 is 1.39. The summed E-state index contributed by atoms with van der Waals surface area (Å²) in [5.41, 5.74) is 0.646. The van der Waals surface area contributed by atoms with Crippen LogP contribution in [-0.4, -0.2) is 51.1 Å². The number of carbonyl (C=O) groups is 2. The molecule has 0 unspecified atom stereocenters. The Labute approximate surface area is 145 Å². The molecule has 24 heavy (non-hydrogen) atoms. The molecule has 0 saturated carbocycles. The van der Waals surface area contributed by atoms with Crippen molar-refractivity contribution in [1.29, 1.82) is 0 Å². The molecule has 5 nitrogen and oxygen atoms in total. The Morgan fingerprint density at radius 3 is 2.38 bits per heavy atom. The number of rotatable bonds is 5. The monoisotopic (exact) mass is 345 g/mol. The highest BCUT2D eigenvalue weighted by molar-refractivity contribution is 7.12. The van der Waals surface area contributed by atoms with Crippen LogP contribution in [0.4, 0.5) is 0 Å². The van der Waals surface area contributed by atoms with Crippen LogP contribution in [0.25, 0.3) is 0 Å². The van der Waals surface area contributed by atoms with Gasteiger partial charge in [-0.2, -0.15) is 0 Å². The van der Waals surface area contributed by atoms with E-state index in [1.165, 1.54) is 16.2 Å². The molecule has 1 aliphatic rings. The molecule has 3 N–H and O–H groups in total. The van der Waals surface area contributed by atoms with Crippen LogP contribution in [0.15, 0.2) is 47.8 Å². The first kappa shape index (κ1) is 16.8. The largest absolute Gasteiger partial charge is 0.328 e. The van der Waals surface area contributed by atoms with Gasteiger partial charge in [0, 0.05) is 5.56 Å². The summed E-state index contributed by atoms with van der Waals surface area (Å²) < 4.78 is 0. The van der Waals surface area contributed by atoms with Crippen molar-refractivity contribution in [2.24, 2.45) is 0 Å². The number of hydrogen-bond acceptors (Lipinski definition) is 3. The van der Waals surface area contributed by atoms with Crippen LogP contribution in [0.3, 0.4) is 0 Å². The number of quaternary nitrogens is 2. The molecule has 1 atom stereocenters. The molecule has 0 spiro atoms. The highest BCUT2D eigenvalue weighted by Gasteiger charge is 2.35. The Morgan fingerprint density at radius 2 is 1.75 bits per heavy atom. The lowest BCUT2D eigenvalue weighted by atomic mass is 10.1. The first-order chi connectivity index (χ1) is 11.6. The van der Waals surface area contributed by atoms with Crippen molar-refractivity contribution in [3.05, 3.63) is 58.3 Å². The van der Waals surface area contributed by atoms with E-state index in [-0.39, 0.29) is 11.7 Å². The molecule has 0 aliphatic carbocycles. The smallest absolute Gasteiger partial charge is 0.266 e. The first-order valence-corrected chi connectivity index (χ1v) is 9.12. The molecule has 3 rings (SSSR count). The van der Waals surface area contributed by atoms with Crippen LogP contribution < -0.4 is 15.1 Å². The topological polar surface area (TPSA) is 55.1 Å². The molecule has 1 saturated heterocycles. The van der Waals surface area contributed by atoms with Gasteiger partial charge in [-0.05, 0) is 11.4 Å². The van der Waals surface area contributed by atoms with Crippen molar-refractivity contribution in [3.8, 4) is 0 Å². The molecule has 2 heterocycles. The number of carbonyl (C=O) groups excluding carboxylic acids is 2. The quantitative estimate of drug-likeness (QED) is 0.615. The minimum atomic E-state index is -0.532. The Bertz CT molecular complexity index is 680. The third kappa shape index (κ3) is 3.90.